The average molecular weight is 334 g/mol. The molecule has 7 nitrogen and oxygen atoms in total. The average Bonchev–Trinajstić information content (AvgIpc) is 3.24. The lowest BCUT2D eigenvalue weighted by atomic mass is 9.82. The van der Waals surface area contributed by atoms with Gasteiger partial charge in [-0.2, -0.15) is 5.10 Å². The highest BCUT2D eigenvalue weighted by molar-refractivity contribution is 5.93. The van der Waals surface area contributed by atoms with E-state index in [4.69, 9.17) is 0 Å². The molecule has 0 bridgehead atoms. The maximum atomic E-state index is 12.8. The van der Waals surface area contributed by atoms with Crippen molar-refractivity contribution in [2.75, 3.05) is 32.8 Å². The molecule has 2 atom stereocenters. The predicted octanol–water partition coefficient (Wildman–Crippen LogP) is 0.452. The maximum absolute atomic E-state index is 12.8. The van der Waals surface area contributed by atoms with Gasteiger partial charge in [0.1, 0.15) is 5.69 Å². The monoisotopic (exact) mass is 334 g/mol. The molecule has 2 fully saturated rings. The lowest BCUT2D eigenvalue weighted by molar-refractivity contribution is -0.134. The molecule has 1 aromatic rings. The van der Waals surface area contributed by atoms with Crippen LogP contribution in [0.15, 0.2) is 12.3 Å². The van der Waals surface area contributed by atoms with E-state index in [0.717, 1.165) is 0 Å². The number of likely N-dealkylation sites (tertiary alicyclic amines) is 2. The molecule has 132 valence electrons. The van der Waals surface area contributed by atoms with Crippen molar-refractivity contribution in [1.82, 2.24) is 19.6 Å². The van der Waals surface area contributed by atoms with E-state index >= 15 is 0 Å². The highest BCUT2D eigenvalue weighted by atomic mass is 16.3. The molecule has 2 saturated heterocycles. The first-order valence-electron chi connectivity index (χ1n) is 8.62. The van der Waals surface area contributed by atoms with Crippen LogP contribution in [-0.4, -0.2) is 69.3 Å². The lowest BCUT2D eigenvalue weighted by Crippen LogP contribution is -2.41. The minimum Gasteiger partial charge on any atom is -0.396 e. The van der Waals surface area contributed by atoms with Crippen molar-refractivity contribution in [2.45, 2.75) is 27.3 Å². The third kappa shape index (κ3) is 2.60. The van der Waals surface area contributed by atoms with E-state index in [1.807, 2.05) is 25.7 Å². The number of aliphatic hydroxyl groups excluding tert-OH is 1. The standard InChI is InChI=1S/C17H26N4O3/c1-4-21-14(5-6-18-21)16(24)20-8-13-7-19(15(23)12(2)3)9-17(13,10-20)11-22/h5-6,12-13,22H,4,7-11H2,1-3H3/t13-,17+/m1/s1. The Morgan fingerprint density at radius 1 is 1.33 bits per heavy atom. The fraction of sp³-hybridized carbons (Fsp3) is 0.706. The van der Waals surface area contributed by atoms with Gasteiger partial charge in [-0.05, 0) is 13.0 Å². The molecule has 0 spiro atoms. The van der Waals surface area contributed by atoms with Gasteiger partial charge in [0.05, 0.1) is 6.61 Å². The Morgan fingerprint density at radius 3 is 2.58 bits per heavy atom. The molecule has 1 N–H and O–H groups in total. The van der Waals surface area contributed by atoms with E-state index in [-0.39, 0.29) is 30.3 Å². The zero-order valence-electron chi connectivity index (χ0n) is 14.6. The minimum atomic E-state index is -0.392. The normalized spacial score (nSPS) is 26.3. The van der Waals surface area contributed by atoms with E-state index in [0.29, 0.717) is 38.4 Å². The second-order valence-electron chi connectivity index (χ2n) is 7.31. The van der Waals surface area contributed by atoms with Crippen molar-refractivity contribution in [1.29, 1.82) is 0 Å². The fourth-order valence-electron chi connectivity index (χ4n) is 4.02. The predicted molar refractivity (Wildman–Crippen MR) is 88.2 cm³/mol. The molecule has 2 aliphatic heterocycles. The van der Waals surface area contributed by atoms with Gasteiger partial charge in [-0.3, -0.25) is 14.3 Å². The molecular weight excluding hydrogens is 308 g/mol. The Balaban J connectivity index is 1.75. The van der Waals surface area contributed by atoms with Crippen molar-refractivity contribution in [3.63, 3.8) is 0 Å². The van der Waals surface area contributed by atoms with Gasteiger partial charge in [-0.1, -0.05) is 13.8 Å². The van der Waals surface area contributed by atoms with Gasteiger partial charge in [-0.15, -0.1) is 0 Å². The Hall–Kier alpha value is -1.89. The third-order valence-corrected chi connectivity index (χ3v) is 5.40. The van der Waals surface area contributed by atoms with Crippen molar-refractivity contribution in [3.8, 4) is 0 Å². The van der Waals surface area contributed by atoms with E-state index in [2.05, 4.69) is 5.10 Å². The zero-order chi connectivity index (χ0) is 17.5. The zero-order valence-corrected chi connectivity index (χ0v) is 14.6. The number of hydrogen-bond acceptors (Lipinski definition) is 4. The first-order chi connectivity index (χ1) is 11.4. The van der Waals surface area contributed by atoms with Gasteiger partial charge in [0, 0.05) is 56.2 Å². The first-order valence-corrected chi connectivity index (χ1v) is 8.62. The molecule has 3 rings (SSSR count). The molecule has 2 aliphatic rings. The molecule has 7 heteroatoms. The molecule has 2 amide bonds. The third-order valence-electron chi connectivity index (χ3n) is 5.40. The molecule has 1 aromatic heterocycles. The minimum absolute atomic E-state index is 0.00361. The molecular formula is C17H26N4O3. The molecule has 3 heterocycles. The SMILES string of the molecule is CCn1nccc1C(=O)N1C[C@H]2CN(C(=O)C(C)C)C[C@@]2(CO)C1. The highest BCUT2D eigenvalue weighted by Crippen LogP contribution is 2.42. The van der Waals surface area contributed by atoms with Crippen LogP contribution in [0.5, 0.6) is 0 Å². The summed E-state index contributed by atoms with van der Waals surface area (Å²) in [4.78, 5) is 28.7. The van der Waals surface area contributed by atoms with Crippen LogP contribution in [-0.2, 0) is 11.3 Å². The van der Waals surface area contributed by atoms with Gasteiger partial charge < -0.3 is 14.9 Å². The van der Waals surface area contributed by atoms with E-state index in [1.165, 1.54) is 0 Å². The molecule has 24 heavy (non-hydrogen) atoms. The summed E-state index contributed by atoms with van der Waals surface area (Å²) in [5.41, 5.74) is 0.192. The molecule has 0 aromatic carbocycles. The van der Waals surface area contributed by atoms with Gasteiger partial charge >= 0.3 is 0 Å². The van der Waals surface area contributed by atoms with Crippen LogP contribution in [0.4, 0.5) is 0 Å². The number of carbonyl (C=O) groups excluding carboxylic acids is 2. The van der Waals surface area contributed by atoms with Gasteiger partial charge in [0.15, 0.2) is 0 Å². The van der Waals surface area contributed by atoms with Crippen LogP contribution >= 0.6 is 0 Å². The Morgan fingerprint density at radius 2 is 2.00 bits per heavy atom. The summed E-state index contributed by atoms with van der Waals surface area (Å²) in [5.74, 6) is 0.167. The van der Waals surface area contributed by atoms with Crippen LogP contribution in [0.2, 0.25) is 0 Å². The second-order valence-corrected chi connectivity index (χ2v) is 7.31. The lowest BCUT2D eigenvalue weighted by Gasteiger charge is -2.28. The van der Waals surface area contributed by atoms with E-state index < -0.39 is 5.41 Å². The van der Waals surface area contributed by atoms with Crippen molar-refractivity contribution >= 4 is 11.8 Å². The fourth-order valence-corrected chi connectivity index (χ4v) is 4.02. The van der Waals surface area contributed by atoms with Crippen LogP contribution in [0.1, 0.15) is 31.3 Å². The second kappa shape index (κ2) is 6.20. The number of rotatable bonds is 4. The number of amides is 2. The Bertz CT molecular complexity index is 642. The maximum Gasteiger partial charge on any atom is 0.272 e. The molecule has 0 unspecified atom stereocenters. The first kappa shape index (κ1) is 17.0. The summed E-state index contributed by atoms with van der Waals surface area (Å²) in [6.45, 7) is 8.60. The summed E-state index contributed by atoms with van der Waals surface area (Å²) in [7, 11) is 0. The molecule has 0 radical (unpaired) electrons. The smallest absolute Gasteiger partial charge is 0.272 e. The van der Waals surface area contributed by atoms with E-state index in [9.17, 15) is 14.7 Å². The number of aryl methyl sites for hydroxylation is 1. The quantitative estimate of drug-likeness (QED) is 0.867. The van der Waals surface area contributed by atoms with E-state index in [1.54, 1.807) is 21.8 Å². The van der Waals surface area contributed by atoms with Gasteiger partial charge in [-0.25, -0.2) is 0 Å². The molecule has 0 saturated carbocycles. The van der Waals surface area contributed by atoms with Crippen molar-refractivity contribution < 1.29 is 14.7 Å². The Labute approximate surface area is 142 Å². The summed E-state index contributed by atoms with van der Waals surface area (Å²) in [6.07, 6.45) is 1.64. The van der Waals surface area contributed by atoms with Crippen LogP contribution < -0.4 is 0 Å². The summed E-state index contributed by atoms with van der Waals surface area (Å²) >= 11 is 0. The van der Waals surface area contributed by atoms with Crippen LogP contribution in [0.25, 0.3) is 0 Å². The molecule has 0 aliphatic carbocycles. The summed E-state index contributed by atoms with van der Waals surface area (Å²) in [5, 5.41) is 14.2. The largest absolute Gasteiger partial charge is 0.396 e. The number of aromatic nitrogens is 2. The number of hydrogen-bond donors (Lipinski definition) is 1. The van der Waals surface area contributed by atoms with Crippen LogP contribution in [0.3, 0.4) is 0 Å². The number of fused-ring (bicyclic) bond motifs is 1. The topological polar surface area (TPSA) is 78.7 Å². The van der Waals surface area contributed by atoms with Crippen molar-refractivity contribution in [3.05, 3.63) is 18.0 Å². The van der Waals surface area contributed by atoms with Gasteiger partial charge in [0.25, 0.3) is 5.91 Å². The Kier molecular flexibility index (Phi) is 4.38. The number of nitrogens with zero attached hydrogens (tertiary/aromatic N) is 4. The number of aliphatic hydroxyl groups is 1. The summed E-state index contributed by atoms with van der Waals surface area (Å²) in [6, 6.07) is 1.74. The van der Waals surface area contributed by atoms with Crippen LogP contribution in [0, 0.1) is 17.3 Å². The van der Waals surface area contributed by atoms with Crippen molar-refractivity contribution in [2.24, 2.45) is 17.3 Å². The highest BCUT2D eigenvalue weighted by Gasteiger charge is 2.54. The summed E-state index contributed by atoms with van der Waals surface area (Å²) < 4.78 is 1.69. The number of carbonyl (C=O) groups is 2. The van der Waals surface area contributed by atoms with Gasteiger partial charge in [0.2, 0.25) is 5.91 Å².